The zero-order valence-corrected chi connectivity index (χ0v) is 15.2. The van der Waals surface area contributed by atoms with Gasteiger partial charge >= 0.3 is 5.97 Å². The molecule has 0 heterocycles. The number of unbranched alkanes of at least 4 members (excludes halogenated alkanes) is 3. The first kappa shape index (κ1) is 21.8. The normalized spacial score (nSPS) is 28.2. The second-order valence-corrected chi connectivity index (χ2v) is 7.00. The summed E-state index contributed by atoms with van der Waals surface area (Å²) in [5.41, 5.74) is 0. The number of alkyl halides is 1. The Labute approximate surface area is 150 Å². The van der Waals surface area contributed by atoms with Crippen molar-refractivity contribution in [2.75, 3.05) is 0 Å². The van der Waals surface area contributed by atoms with Gasteiger partial charge in [0.1, 0.15) is 6.17 Å². The minimum Gasteiger partial charge on any atom is -0.481 e. The predicted molar refractivity (Wildman–Crippen MR) is 97.0 cm³/mol. The smallest absolute Gasteiger partial charge is 0.303 e. The van der Waals surface area contributed by atoms with Crippen LogP contribution in [-0.2, 0) is 4.79 Å². The average Bonchev–Trinajstić information content (AvgIpc) is 2.82. The molecular formula is C20H33FO4. The number of hydrogen-bond donors (Lipinski definition) is 3. The van der Waals surface area contributed by atoms with E-state index >= 15 is 0 Å². The molecular weight excluding hydrogens is 323 g/mol. The van der Waals surface area contributed by atoms with E-state index in [1.807, 2.05) is 12.2 Å². The highest BCUT2D eigenvalue weighted by molar-refractivity contribution is 5.66. The van der Waals surface area contributed by atoms with Crippen molar-refractivity contribution in [3.8, 4) is 0 Å². The zero-order chi connectivity index (χ0) is 18.7. The molecule has 1 aliphatic rings. The largest absolute Gasteiger partial charge is 0.481 e. The second-order valence-electron chi connectivity index (χ2n) is 7.00. The van der Waals surface area contributed by atoms with E-state index in [-0.39, 0.29) is 18.3 Å². The maximum atomic E-state index is 13.9. The second kappa shape index (κ2) is 12.2. The molecule has 0 aromatic carbocycles. The first-order chi connectivity index (χ1) is 12.0. The van der Waals surface area contributed by atoms with Crippen LogP contribution in [0.2, 0.25) is 0 Å². The summed E-state index contributed by atoms with van der Waals surface area (Å²) in [4.78, 5) is 10.4. The van der Waals surface area contributed by atoms with Crippen LogP contribution in [0.1, 0.15) is 64.7 Å². The van der Waals surface area contributed by atoms with Gasteiger partial charge < -0.3 is 15.3 Å². The molecule has 0 saturated heterocycles. The molecule has 0 spiro atoms. The lowest BCUT2D eigenvalue weighted by Gasteiger charge is -2.19. The topological polar surface area (TPSA) is 77.8 Å². The fourth-order valence-electron chi connectivity index (χ4n) is 3.38. The van der Waals surface area contributed by atoms with E-state index in [9.17, 15) is 19.4 Å². The third-order valence-corrected chi connectivity index (χ3v) is 4.88. The number of carboxylic acids is 1. The van der Waals surface area contributed by atoms with Crippen LogP contribution < -0.4 is 0 Å². The highest BCUT2D eigenvalue weighted by atomic mass is 19.1. The zero-order valence-electron chi connectivity index (χ0n) is 15.2. The van der Waals surface area contributed by atoms with Crippen molar-refractivity contribution in [2.45, 2.75) is 83.1 Å². The number of carboxylic acid groups (broad SMARTS) is 1. The predicted octanol–water partition coefficient (Wildman–Crippen LogP) is 4.02. The number of rotatable bonds is 12. The monoisotopic (exact) mass is 356 g/mol. The van der Waals surface area contributed by atoms with E-state index in [0.717, 1.165) is 19.3 Å². The summed E-state index contributed by atoms with van der Waals surface area (Å²) in [5.74, 6) is -1.15. The average molecular weight is 356 g/mol. The van der Waals surface area contributed by atoms with Crippen molar-refractivity contribution >= 4 is 5.97 Å². The summed E-state index contributed by atoms with van der Waals surface area (Å²) in [6.45, 7) is 2.08. The molecule has 0 aromatic heterocycles. The van der Waals surface area contributed by atoms with E-state index in [0.29, 0.717) is 32.1 Å². The van der Waals surface area contributed by atoms with E-state index in [1.54, 1.807) is 6.08 Å². The minimum atomic E-state index is -0.997. The molecule has 1 fully saturated rings. The molecule has 25 heavy (non-hydrogen) atoms. The fraction of sp³-hybridized carbons (Fsp3) is 0.750. The van der Waals surface area contributed by atoms with Gasteiger partial charge in [0, 0.05) is 18.8 Å². The lowest BCUT2D eigenvalue weighted by molar-refractivity contribution is -0.137. The molecule has 1 aliphatic carbocycles. The van der Waals surface area contributed by atoms with Gasteiger partial charge in [0.25, 0.3) is 0 Å². The maximum absolute atomic E-state index is 13.9. The summed E-state index contributed by atoms with van der Waals surface area (Å²) in [5, 5.41) is 28.9. The Morgan fingerprint density at radius 1 is 1.20 bits per heavy atom. The number of aliphatic hydroxyl groups is 2. The first-order valence-electron chi connectivity index (χ1n) is 9.51. The molecule has 3 N–H and O–H groups in total. The Morgan fingerprint density at radius 3 is 2.64 bits per heavy atom. The number of allylic oxidation sites excluding steroid dienone is 3. The van der Waals surface area contributed by atoms with Crippen LogP contribution in [0.5, 0.6) is 0 Å². The maximum Gasteiger partial charge on any atom is 0.303 e. The van der Waals surface area contributed by atoms with Crippen LogP contribution in [0, 0.1) is 11.8 Å². The Balaban J connectivity index is 2.46. The van der Waals surface area contributed by atoms with E-state index in [2.05, 4.69) is 6.92 Å². The molecule has 0 amide bonds. The van der Waals surface area contributed by atoms with Gasteiger partial charge in [-0.1, -0.05) is 50.5 Å². The van der Waals surface area contributed by atoms with E-state index < -0.39 is 24.3 Å². The Bertz CT molecular complexity index is 435. The van der Waals surface area contributed by atoms with Gasteiger partial charge in [0.15, 0.2) is 0 Å². The van der Waals surface area contributed by atoms with Crippen LogP contribution in [0.15, 0.2) is 24.3 Å². The van der Waals surface area contributed by atoms with Crippen LogP contribution in [0.25, 0.3) is 0 Å². The third-order valence-electron chi connectivity index (χ3n) is 4.88. The summed E-state index contributed by atoms with van der Waals surface area (Å²) in [6.07, 6.45) is 10.7. The minimum absolute atomic E-state index is 0.121. The Morgan fingerprint density at radius 2 is 1.96 bits per heavy atom. The van der Waals surface area contributed by atoms with Crippen LogP contribution in [-0.4, -0.2) is 39.7 Å². The van der Waals surface area contributed by atoms with Crippen molar-refractivity contribution in [3.05, 3.63) is 24.3 Å². The quantitative estimate of drug-likeness (QED) is 0.364. The van der Waals surface area contributed by atoms with Gasteiger partial charge in [-0.25, -0.2) is 4.39 Å². The number of aliphatic hydroxyl groups excluding tert-OH is 2. The molecule has 1 saturated carbocycles. The lowest BCUT2D eigenvalue weighted by Crippen LogP contribution is -2.20. The van der Waals surface area contributed by atoms with Gasteiger partial charge in [-0.15, -0.1) is 0 Å². The van der Waals surface area contributed by atoms with Crippen molar-refractivity contribution in [1.82, 2.24) is 0 Å². The summed E-state index contributed by atoms with van der Waals surface area (Å²) in [6, 6.07) is 0. The highest BCUT2D eigenvalue weighted by Crippen LogP contribution is 2.36. The molecule has 5 heteroatoms. The molecule has 0 radical (unpaired) electrons. The lowest BCUT2D eigenvalue weighted by atomic mass is 9.89. The summed E-state index contributed by atoms with van der Waals surface area (Å²) in [7, 11) is 0. The number of halogens is 1. The van der Waals surface area contributed by atoms with Crippen LogP contribution in [0.4, 0.5) is 4.39 Å². The number of carbonyl (C=O) groups is 1. The highest BCUT2D eigenvalue weighted by Gasteiger charge is 2.39. The summed E-state index contributed by atoms with van der Waals surface area (Å²) < 4.78 is 13.9. The molecule has 144 valence electrons. The van der Waals surface area contributed by atoms with Crippen molar-refractivity contribution in [3.63, 3.8) is 0 Å². The van der Waals surface area contributed by atoms with Crippen molar-refractivity contribution in [2.24, 2.45) is 11.8 Å². The third kappa shape index (κ3) is 8.63. The van der Waals surface area contributed by atoms with E-state index in [4.69, 9.17) is 5.11 Å². The van der Waals surface area contributed by atoms with Gasteiger partial charge in [-0.05, 0) is 31.6 Å². The molecule has 0 aromatic rings. The summed E-state index contributed by atoms with van der Waals surface area (Å²) >= 11 is 0. The molecule has 0 bridgehead atoms. The molecule has 1 rings (SSSR count). The molecule has 5 atom stereocenters. The SMILES string of the molecule is CCCCCC(F)/C=C/[C@@H]1[C@@H](C/C=C\CCCC(=O)O)[C@@H](O)C[C@H]1O. The van der Waals surface area contributed by atoms with Crippen LogP contribution in [0.3, 0.4) is 0 Å². The molecule has 4 nitrogen and oxygen atoms in total. The van der Waals surface area contributed by atoms with Gasteiger partial charge in [0.2, 0.25) is 0 Å². The fourth-order valence-corrected chi connectivity index (χ4v) is 3.38. The van der Waals surface area contributed by atoms with Gasteiger partial charge in [-0.2, -0.15) is 0 Å². The van der Waals surface area contributed by atoms with Crippen LogP contribution >= 0.6 is 0 Å². The first-order valence-corrected chi connectivity index (χ1v) is 9.51. The van der Waals surface area contributed by atoms with Crippen molar-refractivity contribution < 1.29 is 24.5 Å². The Kier molecular flexibility index (Phi) is 10.7. The van der Waals surface area contributed by atoms with Gasteiger partial charge in [-0.3, -0.25) is 4.79 Å². The molecule has 1 unspecified atom stereocenters. The standard InChI is InChI=1S/C20H33FO4/c1-2-3-6-9-15(21)12-13-17-16(18(22)14-19(17)23)10-7-4-5-8-11-20(24)25/h4,7,12-13,15-19,22-23H,2-3,5-6,8-11,14H2,1H3,(H,24,25)/b7-4-,13-12+/t15?,16-,17-,18+,19-/m1/s1. The number of hydrogen-bond acceptors (Lipinski definition) is 3. The number of aliphatic carboxylic acids is 1. The van der Waals surface area contributed by atoms with E-state index in [1.165, 1.54) is 6.08 Å². The molecule has 0 aliphatic heterocycles. The van der Waals surface area contributed by atoms with Gasteiger partial charge in [0.05, 0.1) is 12.2 Å². The Hall–Kier alpha value is -1.20. The van der Waals surface area contributed by atoms with Crippen molar-refractivity contribution in [1.29, 1.82) is 0 Å².